The molecule has 44 heavy (non-hydrogen) atoms. The number of aliphatic hydroxyl groups excluding tert-OH is 1. The predicted octanol–water partition coefficient (Wildman–Crippen LogP) is 6.35. The van der Waals surface area contributed by atoms with E-state index in [2.05, 4.69) is 36.3 Å². The van der Waals surface area contributed by atoms with E-state index in [0.717, 1.165) is 42.7 Å². The highest BCUT2D eigenvalue weighted by Gasteiger charge is 2.34. The molecule has 1 heterocycles. The predicted molar refractivity (Wildman–Crippen MR) is 172 cm³/mol. The summed E-state index contributed by atoms with van der Waals surface area (Å²) in [6.45, 7) is 5.60. The van der Waals surface area contributed by atoms with E-state index < -0.39 is 0 Å². The quantitative estimate of drug-likeness (QED) is 0.282. The number of nitrogens with zero attached hydrogens (tertiary/aromatic N) is 2. The third-order valence-corrected chi connectivity index (χ3v) is 8.75. The van der Waals surface area contributed by atoms with Crippen molar-refractivity contribution in [2.45, 2.75) is 64.6 Å². The Kier molecular flexibility index (Phi) is 10.6. The smallest absolute Gasteiger partial charge is 0.258 e. The highest BCUT2D eigenvalue weighted by Crippen LogP contribution is 2.32. The van der Waals surface area contributed by atoms with E-state index in [0.29, 0.717) is 36.6 Å². The first-order valence-electron chi connectivity index (χ1n) is 15.8. The molecule has 8 nitrogen and oxygen atoms in total. The molecule has 0 radical (unpaired) electrons. The Bertz CT molecular complexity index is 1390. The Morgan fingerprint density at radius 1 is 1.05 bits per heavy atom. The summed E-state index contributed by atoms with van der Waals surface area (Å²) >= 11 is 0. The molecule has 2 N–H and O–H groups in total. The number of amides is 2. The van der Waals surface area contributed by atoms with Gasteiger partial charge in [0.05, 0.1) is 18.2 Å². The van der Waals surface area contributed by atoms with Crippen molar-refractivity contribution in [1.29, 1.82) is 0 Å². The van der Waals surface area contributed by atoms with Crippen LogP contribution in [0.2, 0.25) is 0 Å². The molecule has 2 aliphatic rings. The van der Waals surface area contributed by atoms with E-state index in [4.69, 9.17) is 9.47 Å². The fourth-order valence-corrected chi connectivity index (χ4v) is 6.10. The van der Waals surface area contributed by atoms with Crippen LogP contribution in [0.5, 0.6) is 17.2 Å². The molecule has 0 spiro atoms. The molecule has 234 valence electrons. The van der Waals surface area contributed by atoms with Crippen LogP contribution in [-0.2, 0) is 11.3 Å². The van der Waals surface area contributed by atoms with Gasteiger partial charge >= 0.3 is 0 Å². The molecule has 1 aliphatic carbocycles. The summed E-state index contributed by atoms with van der Waals surface area (Å²) in [7, 11) is 2.06. The zero-order valence-corrected chi connectivity index (χ0v) is 26.1. The van der Waals surface area contributed by atoms with Crippen LogP contribution in [0.1, 0.15) is 61.9 Å². The number of nitrogens with one attached hydrogen (secondary N) is 1. The van der Waals surface area contributed by atoms with Crippen LogP contribution in [-0.4, -0.2) is 65.6 Å². The summed E-state index contributed by atoms with van der Waals surface area (Å²) in [4.78, 5) is 30.7. The summed E-state index contributed by atoms with van der Waals surface area (Å²) in [5, 5.41) is 13.0. The minimum Gasteiger partial charge on any atom is -0.488 e. The van der Waals surface area contributed by atoms with Gasteiger partial charge in [-0.3, -0.25) is 14.5 Å². The number of carbonyl (C=O) groups excluding carboxylic acids is 2. The fraction of sp³-hybridized carbons (Fsp3) is 0.444. The molecule has 3 aromatic rings. The van der Waals surface area contributed by atoms with Gasteiger partial charge in [0.2, 0.25) is 5.91 Å². The number of anilines is 1. The molecule has 0 unspecified atom stereocenters. The summed E-state index contributed by atoms with van der Waals surface area (Å²) in [5.41, 5.74) is 2.14. The third kappa shape index (κ3) is 7.98. The first kappa shape index (κ1) is 31.5. The third-order valence-electron chi connectivity index (χ3n) is 8.75. The first-order valence-corrected chi connectivity index (χ1v) is 15.8. The van der Waals surface area contributed by atoms with Gasteiger partial charge in [-0.15, -0.1) is 0 Å². The Morgan fingerprint density at radius 3 is 2.45 bits per heavy atom. The second-order valence-electron chi connectivity index (χ2n) is 12.4. The number of ether oxygens (including phenoxy) is 2. The summed E-state index contributed by atoms with van der Waals surface area (Å²) in [6, 6.07) is 22.8. The molecule has 3 aromatic carbocycles. The monoisotopic (exact) mass is 599 g/mol. The van der Waals surface area contributed by atoms with Crippen molar-refractivity contribution in [2.24, 2.45) is 11.8 Å². The maximum atomic E-state index is 13.8. The normalized spacial score (nSPS) is 19.8. The van der Waals surface area contributed by atoms with Crippen LogP contribution in [0.15, 0.2) is 72.8 Å². The van der Waals surface area contributed by atoms with Gasteiger partial charge in [-0.2, -0.15) is 0 Å². The van der Waals surface area contributed by atoms with Crippen LogP contribution < -0.4 is 14.8 Å². The molecule has 1 fully saturated rings. The van der Waals surface area contributed by atoms with Gasteiger partial charge in [0.15, 0.2) is 0 Å². The molecule has 1 saturated carbocycles. The van der Waals surface area contributed by atoms with E-state index in [9.17, 15) is 14.7 Å². The molecule has 2 amide bonds. The lowest BCUT2D eigenvalue weighted by Crippen LogP contribution is -2.49. The molecule has 1 aliphatic heterocycles. The SMILES string of the molecule is C[C@@H]1CN([C@H](C)CO)C(=O)c2cc(NC(=O)C3CCCCC3)ccc2O[C@H]1CN(C)Cc1ccc(Oc2ccccc2)cc1. The molecular weight excluding hydrogens is 554 g/mol. The van der Waals surface area contributed by atoms with E-state index in [-0.39, 0.29) is 42.4 Å². The van der Waals surface area contributed by atoms with E-state index in [1.54, 1.807) is 17.0 Å². The van der Waals surface area contributed by atoms with Gasteiger partial charge in [0.25, 0.3) is 5.91 Å². The minimum atomic E-state index is -0.355. The number of hydrogen-bond acceptors (Lipinski definition) is 6. The zero-order valence-electron chi connectivity index (χ0n) is 26.1. The zero-order chi connectivity index (χ0) is 31.1. The van der Waals surface area contributed by atoms with Crippen molar-refractivity contribution in [2.75, 3.05) is 32.1 Å². The number of benzene rings is 3. The standard InChI is InChI=1S/C36H45N3O5/c1-25-21-39(26(2)24-40)36(42)32-20-29(37-35(41)28-10-6-4-7-11-28)16-19-33(32)44-34(25)23-38(3)22-27-14-17-31(18-15-27)43-30-12-8-5-9-13-30/h5,8-9,12-20,25-26,28,34,40H,4,6-7,10-11,21-24H2,1-3H3,(H,37,41)/t25-,26-,34+/m1/s1. The number of likely N-dealkylation sites (N-methyl/N-ethyl adjacent to an activating group) is 1. The highest BCUT2D eigenvalue weighted by atomic mass is 16.5. The van der Waals surface area contributed by atoms with Crippen molar-refractivity contribution in [1.82, 2.24) is 9.80 Å². The minimum absolute atomic E-state index is 0.0101. The highest BCUT2D eigenvalue weighted by molar-refractivity contribution is 6.00. The second-order valence-corrected chi connectivity index (χ2v) is 12.4. The summed E-state index contributed by atoms with van der Waals surface area (Å²) in [5.74, 6) is 1.91. The summed E-state index contributed by atoms with van der Waals surface area (Å²) < 4.78 is 12.5. The van der Waals surface area contributed by atoms with Crippen molar-refractivity contribution >= 4 is 17.5 Å². The van der Waals surface area contributed by atoms with Crippen molar-refractivity contribution < 1.29 is 24.2 Å². The molecule has 0 bridgehead atoms. The first-order chi connectivity index (χ1) is 21.3. The average molecular weight is 600 g/mol. The molecule has 0 aromatic heterocycles. The van der Waals surface area contributed by atoms with Crippen LogP contribution in [0.3, 0.4) is 0 Å². The average Bonchev–Trinajstić information content (AvgIpc) is 3.04. The Labute approximate surface area is 261 Å². The maximum absolute atomic E-state index is 13.8. The summed E-state index contributed by atoms with van der Waals surface area (Å²) in [6.07, 6.45) is 4.93. The lowest BCUT2D eigenvalue weighted by Gasteiger charge is -2.38. The van der Waals surface area contributed by atoms with Crippen molar-refractivity contribution in [3.8, 4) is 17.2 Å². The molecular formula is C36H45N3O5. The van der Waals surface area contributed by atoms with Crippen molar-refractivity contribution in [3.63, 3.8) is 0 Å². The van der Waals surface area contributed by atoms with Crippen LogP contribution >= 0.6 is 0 Å². The lowest BCUT2D eigenvalue weighted by atomic mass is 9.88. The maximum Gasteiger partial charge on any atom is 0.258 e. The van der Waals surface area contributed by atoms with Crippen LogP contribution in [0.25, 0.3) is 0 Å². The largest absolute Gasteiger partial charge is 0.488 e. The van der Waals surface area contributed by atoms with E-state index >= 15 is 0 Å². The van der Waals surface area contributed by atoms with Gasteiger partial charge in [0.1, 0.15) is 23.4 Å². The van der Waals surface area contributed by atoms with Crippen molar-refractivity contribution in [3.05, 3.63) is 83.9 Å². The number of hydrogen-bond donors (Lipinski definition) is 2. The van der Waals surface area contributed by atoms with Crippen LogP contribution in [0, 0.1) is 11.8 Å². The van der Waals surface area contributed by atoms with Crippen LogP contribution in [0.4, 0.5) is 5.69 Å². The topological polar surface area (TPSA) is 91.3 Å². The van der Waals surface area contributed by atoms with Gasteiger partial charge in [0, 0.05) is 37.2 Å². The van der Waals surface area contributed by atoms with Gasteiger partial charge in [-0.1, -0.05) is 56.5 Å². The van der Waals surface area contributed by atoms with Gasteiger partial charge < -0.3 is 24.8 Å². The van der Waals surface area contributed by atoms with Gasteiger partial charge in [-0.25, -0.2) is 0 Å². The lowest BCUT2D eigenvalue weighted by molar-refractivity contribution is -0.120. The number of rotatable bonds is 10. The second kappa shape index (κ2) is 14.7. The number of para-hydroxylation sites is 1. The molecule has 5 rings (SSSR count). The molecule has 3 atom stereocenters. The Balaban J connectivity index is 1.29. The van der Waals surface area contributed by atoms with E-state index in [1.807, 2.05) is 55.5 Å². The fourth-order valence-electron chi connectivity index (χ4n) is 6.10. The Morgan fingerprint density at radius 2 is 1.75 bits per heavy atom. The molecule has 0 saturated heterocycles. The number of fused-ring (bicyclic) bond motifs is 1. The Hall–Kier alpha value is -3.88. The van der Waals surface area contributed by atoms with E-state index in [1.165, 1.54) is 6.42 Å². The molecule has 8 heteroatoms. The number of aliphatic hydroxyl groups is 1. The van der Waals surface area contributed by atoms with Gasteiger partial charge in [-0.05, 0) is 74.8 Å². The number of carbonyl (C=O) groups is 2.